The van der Waals surface area contributed by atoms with Crippen LogP contribution < -0.4 is 5.32 Å². The second kappa shape index (κ2) is 4.38. The number of aromatic nitrogens is 1. The van der Waals surface area contributed by atoms with Gasteiger partial charge >= 0.3 is 0 Å². The van der Waals surface area contributed by atoms with E-state index in [1.165, 1.54) is 0 Å². The van der Waals surface area contributed by atoms with Gasteiger partial charge in [-0.1, -0.05) is 0 Å². The lowest BCUT2D eigenvalue weighted by Gasteiger charge is -2.06. The van der Waals surface area contributed by atoms with Crippen molar-refractivity contribution in [3.8, 4) is 0 Å². The van der Waals surface area contributed by atoms with E-state index in [-0.39, 0.29) is 6.10 Å². The Morgan fingerprint density at radius 2 is 2.50 bits per heavy atom. The summed E-state index contributed by atoms with van der Waals surface area (Å²) >= 11 is 1.71. The molecule has 2 heterocycles. The lowest BCUT2D eigenvalue weighted by Crippen LogP contribution is -2.06. The number of ether oxygens (including phenoxy) is 1. The highest BCUT2D eigenvalue weighted by molar-refractivity contribution is 7.09. The summed E-state index contributed by atoms with van der Waals surface area (Å²) in [6, 6.07) is 0. The van der Waals surface area contributed by atoms with E-state index in [0.717, 1.165) is 30.1 Å². The zero-order chi connectivity index (χ0) is 9.97. The topological polar surface area (TPSA) is 34.1 Å². The first kappa shape index (κ1) is 10.1. The Hall–Kier alpha value is -0.450. The molecule has 2 unspecified atom stereocenters. The second-order valence-electron chi connectivity index (χ2n) is 3.72. The summed E-state index contributed by atoms with van der Waals surface area (Å²) < 4.78 is 5.77. The molecule has 0 aliphatic carbocycles. The molecule has 1 saturated heterocycles. The fourth-order valence-electron chi connectivity index (χ4n) is 1.72. The van der Waals surface area contributed by atoms with Gasteiger partial charge in [-0.05, 0) is 26.8 Å². The van der Waals surface area contributed by atoms with Gasteiger partial charge in [-0.15, -0.1) is 11.3 Å². The van der Waals surface area contributed by atoms with Gasteiger partial charge in [0.15, 0.2) is 0 Å². The molecule has 78 valence electrons. The van der Waals surface area contributed by atoms with Gasteiger partial charge in [0, 0.05) is 11.9 Å². The van der Waals surface area contributed by atoms with E-state index in [0.29, 0.717) is 6.10 Å². The molecule has 0 amide bonds. The van der Waals surface area contributed by atoms with Gasteiger partial charge in [-0.25, -0.2) is 4.98 Å². The molecule has 3 nitrogen and oxygen atoms in total. The number of hydrogen-bond donors (Lipinski definition) is 1. The molecule has 1 fully saturated rings. The van der Waals surface area contributed by atoms with Crippen molar-refractivity contribution in [1.82, 2.24) is 10.3 Å². The number of rotatable bonds is 3. The Morgan fingerprint density at radius 1 is 1.64 bits per heavy atom. The molecule has 0 aromatic carbocycles. The van der Waals surface area contributed by atoms with Crippen LogP contribution in [0, 0.1) is 0 Å². The Morgan fingerprint density at radius 3 is 3.14 bits per heavy atom. The van der Waals surface area contributed by atoms with Crippen molar-refractivity contribution < 1.29 is 4.74 Å². The molecule has 0 spiro atoms. The molecule has 0 bridgehead atoms. The van der Waals surface area contributed by atoms with E-state index in [2.05, 4.69) is 22.6 Å². The summed E-state index contributed by atoms with van der Waals surface area (Å²) in [6.45, 7) is 2.97. The summed E-state index contributed by atoms with van der Waals surface area (Å²) in [5.41, 5.74) is 1.12. The third-order valence-corrected chi connectivity index (χ3v) is 3.42. The molecule has 1 aliphatic rings. The number of nitrogens with one attached hydrogen (secondary N) is 1. The third-order valence-electron chi connectivity index (χ3n) is 2.43. The van der Waals surface area contributed by atoms with E-state index in [9.17, 15) is 0 Å². The number of hydrogen-bond acceptors (Lipinski definition) is 4. The van der Waals surface area contributed by atoms with E-state index < -0.39 is 0 Å². The van der Waals surface area contributed by atoms with Gasteiger partial charge in [-0.3, -0.25) is 0 Å². The van der Waals surface area contributed by atoms with Gasteiger partial charge in [-0.2, -0.15) is 0 Å². The third kappa shape index (κ3) is 2.13. The molecule has 1 aromatic heterocycles. The molecule has 0 radical (unpaired) electrons. The first-order valence-electron chi connectivity index (χ1n) is 5.04. The van der Waals surface area contributed by atoms with E-state index in [1.807, 2.05) is 7.05 Å². The number of thiazole rings is 1. The van der Waals surface area contributed by atoms with Crippen LogP contribution in [0.2, 0.25) is 0 Å². The van der Waals surface area contributed by atoms with Crippen LogP contribution in [-0.4, -0.2) is 18.1 Å². The maximum absolute atomic E-state index is 5.77. The zero-order valence-electron chi connectivity index (χ0n) is 8.62. The summed E-state index contributed by atoms with van der Waals surface area (Å²) in [4.78, 5) is 4.55. The second-order valence-corrected chi connectivity index (χ2v) is 4.61. The van der Waals surface area contributed by atoms with Crippen molar-refractivity contribution in [3.63, 3.8) is 0 Å². The smallest absolute Gasteiger partial charge is 0.122 e. The maximum Gasteiger partial charge on any atom is 0.122 e. The minimum absolute atomic E-state index is 0.251. The lowest BCUT2D eigenvalue weighted by atomic mass is 10.2. The van der Waals surface area contributed by atoms with Crippen LogP contribution >= 0.6 is 11.3 Å². The van der Waals surface area contributed by atoms with Crippen molar-refractivity contribution in [2.75, 3.05) is 7.05 Å². The molecule has 1 aromatic rings. The van der Waals surface area contributed by atoms with Crippen molar-refractivity contribution in [2.45, 2.75) is 38.5 Å². The maximum atomic E-state index is 5.77. The summed E-state index contributed by atoms with van der Waals surface area (Å²) in [7, 11) is 1.94. The van der Waals surface area contributed by atoms with Gasteiger partial charge in [0.1, 0.15) is 11.1 Å². The van der Waals surface area contributed by atoms with Crippen molar-refractivity contribution in [3.05, 3.63) is 16.1 Å². The summed E-state index contributed by atoms with van der Waals surface area (Å²) in [5, 5.41) is 6.35. The standard InChI is InChI=1S/C10H16N2OS/c1-7-3-4-9(13-7)10-12-8(5-11-2)6-14-10/h6-7,9,11H,3-5H2,1-2H3. The van der Waals surface area contributed by atoms with Crippen LogP contribution in [-0.2, 0) is 11.3 Å². The predicted molar refractivity (Wildman–Crippen MR) is 57.4 cm³/mol. The molecular formula is C10H16N2OS. The first-order chi connectivity index (χ1) is 6.79. The van der Waals surface area contributed by atoms with Crippen molar-refractivity contribution in [2.24, 2.45) is 0 Å². The Balaban J connectivity index is 2.02. The van der Waals surface area contributed by atoms with E-state index in [4.69, 9.17) is 4.74 Å². The molecular weight excluding hydrogens is 196 g/mol. The molecule has 14 heavy (non-hydrogen) atoms. The Kier molecular flexibility index (Phi) is 3.15. The van der Waals surface area contributed by atoms with Crippen LogP contribution in [0.15, 0.2) is 5.38 Å². The minimum atomic E-state index is 0.251. The van der Waals surface area contributed by atoms with E-state index >= 15 is 0 Å². The molecule has 1 N–H and O–H groups in total. The van der Waals surface area contributed by atoms with Crippen LogP contribution in [0.4, 0.5) is 0 Å². The van der Waals surface area contributed by atoms with Crippen LogP contribution in [0.25, 0.3) is 0 Å². The van der Waals surface area contributed by atoms with Crippen molar-refractivity contribution >= 4 is 11.3 Å². The largest absolute Gasteiger partial charge is 0.368 e. The monoisotopic (exact) mass is 212 g/mol. The van der Waals surface area contributed by atoms with Gasteiger partial charge < -0.3 is 10.1 Å². The normalized spacial score (nSPS) is 27.0. The van der Waals surface area contributed by atoms with Crippen molar-refractivity contribution in [1.29, 1.82) is 0 Å². The molecule has 2 atom stereocenters. The van der Waals surface area contributed by atoms with Gasteiger partial charge in [0.25, 0.3) is 0 Å². The highest BCUT2D eigenvalue weighted by Gasteiger charge is 2.25. The fraction of sp³-hybridized carbons (Fsp3) is 0.700. The number of nitrogens with zero attached hydrogens (tertiary/aromatic N) is 1. The van der Waals surface area contributed by atoms with Crippen LogP contribution in [0.1, 0.15) is 36.6 Å². The van der Waals surface area contributed by atoms with Gasteiger partial charge in [0.2, 0.25) is 0 Å². The highest BCUT2D eigenvalue weighted by Crippen LogP contribution is 2.33. The predicted octanol–water partition coefficient (Wildman–Crippen LogP) is 2.10. The summed E-state index contributed by atoms with van der Waals surface area (Å²) in [6.07, 6.45) is 2.93. The van der Waals surface area contributed by atoms with E-state index in [1.54, 1.807) is 11.3 Å². The zero-order valence-corrected chi connectivity index (χ0v) is 9.43. The Labute approximate surface area is 88.5 Å². The highest BCUT2D eigenvalue weighted by atomic mass is 32.1. The Bertz CT molecular complexity index is 300. The lowest BCUT2D eigenvalue weighted by molar-refractivity contribution is 0.0553. The molecule has 1 aliphatic heterocycles. The summed E-state index contributed by atoms with van der Waals surface area (Å²) in [5.74, 6) is 0. The molecule has 2 rings (SSSR count). The minimum Gasteiger partial charge on any atom is -0.368 e. The average molecular weight is 212 g/mol. The fourth-order valence-corrected chi connectivity index (χ4v) is 2.61. The van der Waals surface area contributed by atoms with Crippen LogP contribution in [0.3, 0.4) is 0 Å². The van der Waals surface area contributed by atoms with Crippen LogP contribution in [0.5, 0.6) is 0 Å². The molecule has 4 heteroatoms. The van der Waals surface area contributed by atoms with Gasteiger partial charge in [0.05, 0.1) is 11.8 Å². The quantitative estimate of drug-likeness (QED) is 0.833. The molecule has 0 saturated carbocycles. The first-order valence-corrected chi connectivity index (χ1v) is 5.92. The SMILES string of the molecule is CNCc1csc(C2CCC(C)O2)n1. The average Bonchev–Trinajstić information content (AvgIpc) is 2.74.